The molecule has 3 rings (SSSR count). The first-order valence-electron chi connectivity index (χ1n) is 9.34. The molecule has 0 atom stereocenters. The molecule has 0 bridgehead atoms. The molecule has 1 aromatic rings. The van der Waals surface area contributed by atoms with Crippen LogP contribution in [0.2, 0.25) is 0 Å². The van der Waals surface area contributed by atoms with Crippen molar-refractivity contribution in [1.29, 1.82) is 0 Å². The lowest BCUT2D eigenvalue weighted by Gasteiger charge is -2.34. The Morgan fingerprint density at radius 3 is 2.19 bits per heavy atom. The predicted octanol–water partition coefficient (Wildman–Crippen LogP) is 2.50. The lowest BCUT2D eigenvalue weighted by molar-refractivity contribution is -0.137. The highest BCUT2D eigenvalue weighted by Gasteiger charge is 2.35. The predicted molar refractivity (Wildman–Crippen MR) is 99.5 cm³/mol. The van der Waals surface area contributed by atoms with Gasteiger partial charge in [0.2, 0.25) is 15.9 Å². The maximum Gasteiger partial charge on any atom is 0.243 e. The van der Waals surface area contributed by atoms with E-state index in [9.17, 15) is 13.2 Å². The summed E-state index contributed by atoms with van der Waals surface area (Å²) in [6, 6.07) is 6.81. The summed E-state index contributed by atoms with van der Waals surface area (Å²) in [6.45, 7) is 0.784. The molecule has 0 N–H and O–H groups in total. The molecule has 1 saturated heterocycles. The van der Waals surface area contributed by atoms with Crippen molar-refractivity contribution >= 4 is 15.9 Å². The van der Waals surface area contributed by atoms with Crippen LogP contribution in [0, 0.1) is 5.92 Å². The minimum Gasteiger partial charge on any atom is -0.497 e. The molecule has 1 saturated carbocycles. The molecule has 1 aliphatic carbocycles. The molecular formula is C19H28N2O4S. The van der Waals surface area contributed by atoms with Crippen molar-refractivity contribution in [1.82, 2.24) is 9.21 Å². The van der Waals surface area contributed by atoms with Crippen molar-refractivity contribution in [3.63, 3.8) is 0 Å². The Morgan fingerprint density at radius 2 is 1.65 bits per heavy atom. The largest absolute Gasteiger partial charge is 0.497 e. The Balaban J connectivity index is 1.60. The second kappa shape index (κ2) is 7.96. The van der Waals surface area contributed by atoms with Crippen LogP contribution in [0.15, 0.2) is 29.2 Å². The van der Waals surface area contributed by atoms with E-state index in [2.05, 4.69) is 0 Å². The smallest absolute Gasteiger partial charge is 0.243 e. The number of ether oxygens (including phenoxy) is 1. The zero-order valence-electron chi connectivity index (χ0n) is 15.6. The SMILES string of the molecule is COc1ccc(S(=O)(=O)N2CCC(C(=O)N(C)C3CCCC3)CC2)cc1. The second-order valence-corrected chi connectivity index (χ2v) is 9.18. The minimum absolute atomic E-state index is 0.0667. The Bertz CT molecular complexity index is 718. The lowest BCUT2D eigenvalue weighted by atomic mass is 9.96. The van der Waals surface area contributed by atoms with E-state index < -0.39 is 10.0 Å². The van der Waals surface area contributed by atoms with Gasteiger partial charge in [0.25, 0.3) is 0 Å². The Morgan fingerprint density at radius 1 is 1.08 bits per heavy atom. The molecule has 26 heavy (non-hydrogen) atoms. The number of carbonyl (C=O) groups is 1. The fourth-order valence-electron chi connectivity index (χ4n) is 4.00. The van der Waals surface area contributed by atoms with E-state index >= 15 is 0 Å². The molecule has 6 nitrogen and oxygen atoms in total. The standard InChI is InChI=1S/C19H28N2O4S/c1-20(16-5-3-4-6-16)19(22)15-11-13-21(14-12-15)26(23,24)18-9-7-17(25-2)8-10-18/h7-10,15-16H,3-6,11-14H2,1-2H3. The number of carbonyl (C=O) groups excluding carboxylic acids is 1. The van der Waals surface area contributed by atoms with Crippen molar-refractivity contribution < 1.29 is 17.9 Å². The van der Waals surface area contributed by atoms with E-state index in [1.807, 2.05) is 11.9 Å². The van der Waals surface area contributed by atoms with Gasteiger partial charge in [-0.2, -0.15) is 4.31 Å². The fraction of sp³-hybridized carbons (Fsp3) is 0.632. The van der Waals surface area contributed by atoms with Gasteiger partial charge in [-0.3, -0.25) is 4.79 Å². The number of hydrogen-bond acceptors (Lipinski definition) is 4. The molecule has 2 aliphatic rings. The van der Waals surface area contributed by atoms with Gasteiger partial charge < -0.3 is 9.64 Å². The quantitative estimate of drug-likeness (QED) is 0.787. The summed E-state index contributed by atoms with van der Waals surface area (Å²) in [5, 5.41) is 0. The number of rotatable bonds is 5. The summed E-state index contributed by atoms with van der Waals surface area (Å²) >= 11 is 0. The third-order valence-corrected chi connectivity index (χ3v) is 7.63. The van der Waals surface area contributed by atoms with Crippen LogP contribution in [0.25, 0.3) is 0 Å². The summed E-state index contributed by atoms with van der Waals surface area (Å²) in [5.74, 6) is 0.740. The Kier molecular flexibility index (Phi) is 5.87. The maximum atomic E-state index is 12.8. The normalized spacial score (nSPS) is 20.2. The molecule has 1 aromatic carbocycles. The van der Waals surface area contributed by atoms with Crippen molar-refractivity contribution in [2.75, 3.05) is 27.2 Å². The average molecular weight is 381 g/mol. The first-order chi connectivity index (χ1) is 12.4. The van der Waals surface area contributed by atoms with Crippen LogP contribution >= 0.6 is 0 Å². The van der Waals surface area contributed by atoms with Gasteiger partial charge in [0.1, 0.15) is 5.75 Å². The van der Waals surface area contributed by atoms with Crippen molar-refractivity contribution in [3.05, 3.63) is 24.3 Å². The van der Waals surface area contributed by atoms with Gasteiger partial charge in [-0.25, -0.2) is 8.42 Å². The Labute approximate surface area is 156 Å². The molecule has 7 heteroatoms. The molecule has 144 valence electrons. The zero-order chi connectivity index (χ0) is 18.7. The number of nitrogens with zero attached hydrogens (tertiary/aromatic N) is 2. The fourth-order valence-corrected chi connectivity index (χ4v) is 5.47. The van der Waals surface area contributed by atoms with E-state index in [0.717, 1.165) is 12.8 Å². The zero-order valence-corrected chi connectivity index (χ0v) is 16.4. The van der Waals surface area contributed by atoms with Crippen molar-refractivity contribution in [2.24, 2.45) is 5.92 Å². The van der Waals surface area contributed by atoms with Gasteiger partial charge in [-0.15, -0.1) is 0 Å². The van der Waals surface area contributed by atoms with Crippen LogP contribution in [0.1, 0.15) is 38.5 Å². The number of hydrogen-bond donors (Lipinski definition) is 0. The average Bonchev–Trinajstić information content (AvgIpc) is 3.21. The van der Waals surface area contributed by atoms with Crippen molar-refractivity contribution in [2.45, 2.75) is 49.5 Å². The number of piperidine rings is 1. The molecule has 2 fully saturated rings. The van der Waals surface area contributed by atoms with E-state index in [0.29, 0.717) is 37.7 Å². The van der Waals surface area contributed by atoms with E-state index in [1.165, 1.54) is 17.1 Å². The van der Waals surface area contributed by atoms with Gasteiger partial charge in [-0.05, 0) is 49.9 Å². The molecule has 1 heterocycles. The summed E-state index contributed by atoms with van der Waals surface area (Å²) in [4.78, 5) is 14.9. The Hall–Kier alpha value is -1.60. The van der Waals surface area contributed by atoms with Gasteiger partial charge in [-0.1, -0.05) is 12.8 Å². The second-order valence-electron chi connectivity index (χ2n) is 7.24. The monoisotopic (exact) mass is 380 g/mol. The minimum atomic E-state index is -3.52. The van der Waals surface area contributed by atoms with Crippen LogP contribution in [0.5, 0.6) is 5.75 Å². The van der Waals surface area contributed by atoms with E-state index in [1.54, 1.807) is 31.4 Å². The first kappa shape index (κ1) is 19.2. The lowest BCUT2D eigenvalue weighted by Crippen LogP contribution is -2.45. The van der Waals surface area contributed by atoms with Gasteiger partial charge >= 0.3 is 0 Å². The summed E-state index contributed by atoms with van der Waals surface area (Å²) < 4.78 is 32.2. The van der Waals surface area contributed by atoms with Gasteiger partial charge in [0.15, 0.2) is 0 Å². The molecule has 0 aromatic heterocycles. The van der Waals surface area contributed by atoms with Crippen LogP contribution in [-0.2, 0) is 14.8 Å². The number of sulfonamides is 1. The van der Waals surface area contributed by atoms with Crippen LogP contribution in [0.4, 0.5) is 0 Å². The summed E-state index contributed by atoms with van der Waals surface area (Å²) in [7, 11) is -0.0681. The third-order valence-electron chi connectivity index (χ3n) is 5.72. The molecule has 1 amide bonds. The number of amides is 1. The number of benzene rings is 1. The first-order valence-corrected chi connectivity index (χ1v) is 10.8. The topological polar surface area (TPSA) is 66.9 Å². The summed E-state index contributed by atoms with van der Waals surface area (Å²) in [6.07, 6.45) is 5.75. The van der Waals surface area contributed by atoms with Crippen LogP contribution < -0.4 is 4.74 Å². The highest BCUT2D eigenvalue weighted by Crippen LogP contribution is 2.28. The molecule has 1 aliphatic heterocycles. The maximum absolute atomic E-state index is 12.8. The molecule has 0 spiro atoms. The highest BCUT2D eigenvalue weighted by molar-refractivity contribution is 7.89. The van der Waals surface area contributed by atoms with Crippen LogP contribution in [0.3, 0.4) is 0 Å². The van der Waals surface area contributed by atoms with Crippen molar-refractivity contribution in [3.8, 4) is 5.75 Å². The van der Waals surface area contributed by atoms with E-state index in [4.69, 9.17) is 4.74 Å². The molecule has 0 radical (unpaired) electrons. The van der Waals surface area contributed by atoms with Gasteiger partial charge in [0, 0.05) is 32.1 Å². The van der Waals surface area contributed by atoms with E-state index in [-0.39, 0.29) is 16.7 Å². The molecule has 0 unspecified atom stereocenters. The third kappa shape index (κ3) is 3.88. The highest BCUT2D eigenvalue weighted by atomic mass is 32.2. The number of methoxy groups -OCH3 is 1. The molecular weight excluding hydrogens is 352 g/mol. The van der Waals surface area contributed by atoms with Gasteiger partial charge in [0.05, 0.1) is 12.0 Å². The van der Waals surface area contributed by atoms with Crippen LogP contribution in [-0.4, -0.2) is 56.8 Å². The summed E-state index contributed by atoms with van der Waals surface area (Å²) in [5.41, 5.74) is 0.